The zero-order chi connectivity index (χ0) is 24.5. The predicted octanol–water partition coefficient (Wildman–Crippen LogP) is 5.38. The van der Waals surface area contributed by atoms with Gasteiger partial charge >= 0.3 is 12.1 Å². The molecule has 0 fully saturated rings. The third-order valence-corrected chi connectivity index (χ3v) is 5.75. The minimum atomic E-state index is -1.00. The Morgan fingerprint density at radius 2 is 1.59 bits per heavy atom. The van der Waals surface area contributed by atoms with Crippen molar-refractivity contribution in [1.82, 2.24) is 5.32 Å². The van der Waals surface area contributed by atoms with E-state index in [1.165, 1.54) is 0 Å². The van der Waals surface area contributed by atoms with E-state index in [1.807, 2.05) is 86.6 Å². The van der Waals surface area contributed by atoms with Crippen LogP contribution in [0.2, 0.25) is 0 Å². The molecule has 6 heteroatoms. The molecule has 0 bridgehead atoms. The molecule has 0 aromatic heterocycles. The Balaban J connectivity index is 1.79. The normalized spacial score (nSPS) is 12.8. The summed E-state index contributed by atoms with van der Waals surface area (Å²) in [5, 5.41) is 14.3. The molecule has 3 rings (SSSR count). The smallest absolute Gasteiger partial charge is 0.408 e. The van der Waals surface area contributed by atoms with Gasteiger partial charge in [-0.05, 0) is 34.2 Å². The Kier molecular flexibility index (Phi) is 8.79. The van der Waals surface area contributed by atoms with E-state index in [0.29, 0.717) is 6.42 Å². The van der Waals surface area contributed by atoms with Gasteiger partial charge in [-0.15, -0.1) is 0 Å². The molecule has 2 N–H and O–H groups in total. The molecule has 0 aliphatic heterocycles. The molecule has 1 amide bonds. The van der Waals surface area contributed by atoms with Gasteiger partial charge in [-0.1, -0.05) is 86.6 Å². The van der Waals surface area contributed by atoms with Crippen molar-refractivity contribution in [2.45, 2.75) is 45.8 Å². The monoisotopic (exact) mass is 461 g/mol. The number of rotatable bonds is 11. The summed E-state index contributed by atoms with van der Waals surface area (Å²) in [5.41, 5.74) is 1.73. The average molecular weight is 462 g/mol. The van der Waals surface area contributed by atoms with Gasteiger partial charge in [0, 0.05) is 12.8 Å². The molecule has 2 atom stereocenters. The van der Waals surface area contributed by atoms with Gasteiger partial charge in [-0.2, -0.15) is 0 Å². The molecule has 0 radical (unpaired) electrons. The second-order valence-electron chi connectivity index (χ2n) is 8.94. The molecule has 0 aliphatic rings. The van der Waals surface area contributed by atoms with E-state index in [1.54, 1.807) is 0 Å². The summed E-state index contributed by atoms with van der Waals surface area (Å²) >= 11 is 0. The third-order valence-electron chi connectivity index (χ3n) is 5.75. The van der Waals surface area contributed by atoms with E-state index in [2.05, 4.69) is 5.32 Å². The summed E-state index contributed by atoms with van der Waals surface area (Å²) in [6.07, 6.45) is -0.227. The number of hydrogen-bond acceptors (Lipinski definition) is 4. The van der Waals surface area contributed by atoms with Crippen LogP contribution in [-0.4, -0.2) is 29.0 Å². The molecule has 3 aromatic rings. The van der Waals surface area contributed by atoms with Gasteiger partial charge in [0.05, 0.1) is 12.0 Å². The maximum Gasteiger partial charge on any atom is 0.408 e. The van der Waals surface area contributed by atoms with E-state index in [4.69, 9.17) is 4.74 Å². The predicted molar refractivity (Wildman–Crippen MR) is 131 cm³/mol. The number of carbonyl (C=O) groups is 3. The number of carbonyl (C=O) groups excluding carboxylic acids is 2. The van der Waals surface area contributed by atoms with Crippen molar-refractivity contribution < 1.29 is 24.2 Å². The average Bonchev–Trinajstić information content (AvgIpc) is 2.82. The summed E-state index contributed by atoms with van der Waals surface area (Å²) in [5.74, 6) is -1.99. The molecule has 178 valence electrons. The van der Waals surface area contributed by atoms with Crippen LogP contribution < -0.4 is 5.32 Å². The number of ether oxygens (including phenoxy) is 1. The Hall–Kier alpha value is -3.67. The topological polar surface area (TPSA) is 92.7 Å². The van der Waals surface area contributed by atoms with Crippen LogP contribution in [-0.2, 0) is 27.4 Å². The molecule has 0 unspecified atom stereocenters. The highest BCUT2D eigenvalue weighted by Crippen LogP contribution is 2.22. The lowest BCUT2D eigenvalue weighted by molar-refractivity contribution is -0.144. The first-order valence-electron chi connectivity index (χ1n) is 11.5. The lowest BCUT2D eigenvalue weighted by Crippen LogP contribution is -2.43. The number of nitrogens with one attached hydrogen (secondary N) is 1. The van der Waals surface area contributed by atoms with E-state index < -0.39 is 24.0 Å². The van der Waals surface area contributed by atoms with Crippen molar-refractivity contribution in [3.63, 3.8) is 0 Å². The Morgan fingerprint density at radius 3 is 2.29 bits per heavy atom. The zero-order valence-corrected chi connectivity index (χ0v) is 19.6. The minimum absolute atomic E-state index is 0.0763. The minimum Gasteiger partial charge on any atom is -0.481 e. The van der Waals surface area contributed by atoms with Gasteiger partial charge in [0.25, 0.3) is 0 Å². The number of ketones is 1. The highest BCUT2D eigenvalue weighted by molar-refractivity contribution is 5.92. The second kappa shape index (κ2) is 12.0. The first kappa shape index (κ1) is 25.0. The molecule has 0 heterocycles. The number of benzene rings is 3. The van der Waals surface area contributed by atoms with Gasteiger partial charge in [0.15, 0.2) is 5.78 Å². The summed E-state index contributed by atoms with van der Waals surface area (Å²) in [6.45, 7) is 3.92. The summed E-state index contributed by atoms with van der Waals surface area (Å²) in [6, 6.07) is 22.0. The van der Waals surface area contributed by atoms with Gasteiger partial charge in [0.2, 0.25) is 0 Å². The molecular weight excluding hydrogens is 430 g/mol. The van der Waals surface area contributed by atoms with Crippen LogP contribution in [0.15, 0.2) is 72.8 Å². The fraction of sp³-hybridized carbons (Fsp3) is 0.321. The highest BCUT2D eigenvalue weighted by Gasteiger charge is 2.29. The van der Waals surface area contributed by atoms with E-state index in [9.17, 15) is 19.5 Å². The quantitative estimate of drug-likeness (QED) is 0.400. The van der Waals surface area contributed by atoms with Crippen LogP contribution in [0.3, 0.4) is 0 Å². The second-order valence-corrected chi connectivity index (χ2v) is 8.94. The summed E-state index contributed by atoms with van der Waals surface area (Å²) < 4.78 is 5.33. The molecule has 3 aromatic carbocycles. The molecule has 34 heavy (non-hydrogen) atoms. The number of carboxylic acid groups (broad SMARTS) is 1. The number of Topliss-reactive ketones (excluding diaryl/α,β-unsaturated/α-hetero) is 1. The zero-order valence-electron chi connectivity index (χ0n) is 19.6. The Bertz CT molecular complexity index is 1120. The molecule has 0 saturated carbocycles. The number of amides is 1. The van der Waals surface area contributed by atoms with Gasteiger partial charge in [0.1, 0.15) is 6.61 Å². The highest BCUT2D eigenvalue weighted by atomic mass is 16.5. The van der Waals surface area contributed by atoms with Crippen LogP contribution in [0.5, 0.6) is 0 Å². The van der Waals surface area contributed by atoms with Crippen molar-refractivity contribution in [3.8, 4) is 0 Å². The fourth-order valence-corrected chi connectivity index (χ4v) is 4.07. The summed E-state index contributed by atoms with van der Waals surface area (Å²) in [4.78, 5) is 37.6. The van der Waals surface area contributed by atoms with Crippen LogP contribution >= 0.6 is 0 Å². The standard InChI is InChI=1S/C28H31NO5/c1-19(2)15-23(27(31)32)17-26(30)25(29-28(33)34-18-20-9-4-3-5-10-20)16-22-13-8-12-21-11-6-7-14-24(21)22/h3-14,19,23,25H,15-18H2,1-2H3,(H,29,33)(H,31,32)/t23-,25+/m1/s1. The van der Waals surface area contributed by atoms with Crippen molar-refractivity contribution in [2.75, 3.05) is 0 Å². The molecule has 0 spiro atoms. The van der Waals surface area contributed by atoms with Crippen molar-refractivity contribution >= 4 is 28.6 Å². The van der Waals surface area contributed by atoms with Gasteiger partial charge < -0.3 is 15.2 Å². The van der Waals surface area contributed by atoms with Gasteiger partial charge in [-0.25, -0.2) is 4.79 Å². The van der Waals surface area contributed by atoms with Crippen molar-refractivity contribution in [1.29, 1.82) is 0 Å². The maximum absolute atomic E-state index is 13.3. The van der Waals surface area contributed by atoms with Crippen LogP contribution in [0.25, 0.3) is 10.8 Å². The largest absolute Gasteiger partial charge is 0.481 e. The number of fused-ring (bicyclic) bond motifs is 1. The lowest BCUT2D eigenvalue weighted by atomic mass is 9.88. The van der Waals surface area contributed by atoms with Crippen LogP contribution in [0, 0.1) is 11.8 Å². The molecule has 0 aliphatic carbocycles. The van der Waals surface area contributed by atoms with E-state index >= 15 is 0 Å². The Morgan fingerprint density at radius 1 is 0.912 bits per heavy atom. The number of carboxylic acids is 1. The first-order chi connectivity index (χ1) is 16.3. The third kappa shape index (κ3) is 7.17. The van der Waals surface area contributed by atoms with Crippen LogP contribution in [0.1, 0.15) is 37.8 Å². The number of hydrogen-bond donors (Lipinski definition) is 2. The van der Waals surface area contributed by atoms with Crippen molar-refractivity contribution in [2.24, 2.45) is 11.8 Å². The lowest BCUT2D eigenvalue weighted by Gasteiger charge is -2.21. The van der Waals surface area contributed by atoms with E-state index in [-0.39, 0.29) is 31.1 Å². The fourth-order valence-electron chi connectivity index (χ4n) is 4.07. The summed E-state index contributed by atoms with van der Waals surface area (Å²) in [7, 11) is 0. The van der Waals surface area contributed by atoms with Crippen molar-refractivity contribution in [3.05, 3.63) is 83.9 Å². The van der Waals surface area contributed by atoms with E-state index in [0.717, 1.165) is 21.9 Å². The molecular formula is C28H31NO5. The van der Waals surface area contributed by atoms with Gasteiger partial charge in [-0.3, -0.25) is 9.59 Å². The number of aliphatic carboxylic acids is 1. The van der Waals surface area contributed by atoms with Crippen LogP contribution in [0.4, 0.5) is 4.79 Å². The molecule has 6 nitrogen and oxygen atoms in total. The maximum atomic E-state index is 13.3. The number of alkyl carbamates (subject to hydrolysis) is 1. The Labute approximate surface area is 199 Å². The SMILES string of the molecule is CC(C)C[C@H](CC(=O)[C@H](Cc1cccc2ccccc12)NC(=O)OCc1ccccc1)C(=O)O. The first-order valence-corrected chi connectivity index (χ1v) is 11.5. The molecule has 0 saturated heterocycles.